The first-order chi connectivity index (χ1) is 9.06. The number of nitrogens with one attached hydrogen (secondary N) is 1. The van der Waals surface area contributed by atoms with Crippen LogP contribution in [0.1, 0.15) is 31.7 Å². The lowest BCUT2D eigenvalue weighted by Crippen LogP contribution is -2.21. The minimum absolute atomic E-state index is 0.195. The summed E-state index contributed by atoms with van der Waals surface area (Å²) in [7, 11) is 0. The highest BCUT2D eigenvalue weighted by molar-refractivity contribution is 9.10. The number of imidazole rings is 1. The Balaban J connectivity index is 2.10. The second-order valence-corrected chi connectivity index (χ2v) is 6.29. The molecule has 2 N–H and O–H groups in total. The normalized spacial score (nSPS) is 23.9. The molecule has 19 heavy (non-hydrogen) atoms. The molecule has 3 nitrogen and oxygen atoms in total. The van der Waals surface area contributed by atoms with Crippen molar-refractivity contribution in [1.82, 2.24) is 9.55 Å². The van der Waals surface area contributed by atoms with Gasteiger partial charge in [0.05, 0.1) is 21.6 Å². The lowest BCUT2D eigenvalue weighted by atomic mass is 9.93. The number of fused-ring (bicyclic) bond motifs is 1. The van der Waals surface area contributed by atoms with Crippen LogP contribution in [-0.2, 0) is 0 Å². The van der Waals surface area contributed by atoms with E-state index in [0.29, 0.717) is 9.24 Å². The third kappa shape index (κ3) is 2.37. The van der Waals surface area contributed by atoms with Gasteiger partial charge in [-0.1, -0.05) is 0 Å². The average Bonchev–Trinajstić information content (AvgIpc) is 2.67. The van der Waals surface area contributed by atoms with Crippen molar-refractivity contribution in [2.24, 2.45) is 0 Å². The number of benzene rings is 1. The van der Waals surface area contributed by atoms with E-state index in [1.54, 1.807) is 6.07 Å². The topological polar surface area (TPSA) is 41.0 Å². The van der Waals surface area contributed by atoms with Gasteiger partial charge in [-0.2, -0.15) is 0 Å². The fraction of sp³-hybridized carbons (Fsp3) is 0.462. The van der Waals surface area contributed by atoms with Gasteiger partial charge < -0.3 is 14.7 Å². The van der Waals surface area contributed by atoms with Crippen LogP contribution in [0, 0.1) is 10.6 Å². The molecule has 1 saturated carbocycles. The van der Waals surface area contributed by atoms with Crippen LogP contribution in [0.4, 0.5) is 4.39 Å². The van der Waals surface area contributed by atoms with E-state index in [1.807, 2.05) is 0 Å². The highest BCUT2D eigenvalue weighted by atomic mass is 79.9. The lowest BCUT2D eigenvalue weighted by Gasteiger charge is -2.27. The number of nitrogens with zero attached hydrogens (tertiary/aromatic N) is 1. The Hall–Kier alpha value is -0.720. The summed E-state index contributed by atoms with van der Waals surface area (Å²) in [5.74, 6) is -0.296. The van der Waals surface area contributed by atoms with Gasteiger partial charge in [0.1, 0.15) is 5.82 Å². The molecular weight excluding hydrogens is 331 g/mol. The monoisotopic (exact) mass is 344 g/mol. The van der Waals surface area contributed by atoms with E-state index in [0.717, 1.165) is 36.7 Å². The number of halogens is 2. The average molecular weight is 345 g/mol. The van der Waals surface area contributed by atoms with Gasteiger partial charge in [-0.15, -0.1) is 0 Å². The van der Waals surface area contributed by atoms with Crippen molar-refractivity contribution < 1.29 is 9.50 Å². The van der Waals surface area contributed by atoms with E-state index in [4.69, 9.17) is 12.2 Å². The van der Waals surface area contributed by atoms with E-state index >= 15 is 0 Å². The number of aliphatic hydroxyl groups is 1. The van der Waals surface area contributed by atoms with Gasteiger partial charge >= 0.3 is 0 Å². The molecule has 0 atom stereocenters. The predicted octanol–water partition coefficient (Wildman–Crippen LogP) is 4.08. The molecule has 0 spiro atoms. The molecule has 0 radical (unpaired) electrons. The van der Waals surface area contributed by atoms with Crippen molar-refractivity contribution in [3.63, 3.8) is 0 Å². The number of aliphatic hydroxyl groups excluding tert-OH is 1. The number of hydrogen-bond donors (Lipinski definition) is 2. The molecule has 0 bridgehead atoms. The van der Waals surface area contributed by atoms with Crippen molar-refractivity contribution in [1.29, 1.82) is 0 Å². The molecule has 1 aliphatic carbocycles. The van der Waals surface area contributed by atoms with Crippen molar-refractivity contribution in [3.8, 4) is 0 Å². The van der Waals surface area contributed by atoms with Crippen molar-refractivity contribution in [3.05, 3.63) is 27.2 Å². The summed E-state index contributed by atoms with van der Waals surface area (Å²) in [5, 5.41) is 9.59. The van der Waals surface area contributed by atoms with Crippen LogP contribution >= 0.6 is 28.1 Å². The highest BCUT2D eigenvalue weighted by Gasteiger charge is 2.23. The highest BCUT2D eigenvalue weighted by Crippen LogP contribution is 2.33. The van der Waals surface area contributed by atoms with Gasteiger partial charge in [0.25, 0.3) is 0 Å². The summed E-state index contributed by atoms with van der Waals surface area (Å²) in [6.45, 7) is 0. The zero-order chi connectivity index (χ0) is 13.6. The number of aromatic nitrogens is 2. The maximum absolute atomic E-state index is 13.5. The van der Waals surface area contributed by atoms with Gasteiger partial charge in [0.2, 0.25) is 0 Å². The molecule has 0 unspecified atom stereocenters. The van der Waals surface area contributed by atoms with Gasteiger partial charge in [0, 0.05) is 12.1 Å². The van der Waals surface area contributed by atoms with Gasteiger partial charge in [-0.05, 0) is 59.9 Å². The van der Waals surface area contributed by atoms with Crippen molar-refractivity contribution in [2.75, 3.05) is 0 Å². The molecule has 1 heterocycles. The van der Waals surface area contributed by atoms with Gasteiger partial charge in [-0.25, -0.2) is 4.39 Å². The molecule has 102 valence electrons. The van der Waals surface area contributed by atoms with Crippen molar-refractivity contribution >= 4 is 39.2 Å². The Morgan fingerprint density at radius 3 is 2.68 bits per heavy atom. The minimum Gasteiger partial charge on any atom is -0.393 e. The van der Waals surface area contributed by atoms with Crippen LogP contribution in [0.3, 0.4) is 0 Å². The molecule has 0 amide bonds. The number of H-pyrrole nitrogens is 1. The fourth-order valence-corrected chi connectivity index (χ4v) is 3.49. The van der Waals surface area contributed by atoms with Crippen LogP contribution in [0.2, 0.25) is 0 Å². The summed E-state index contributed by atoms with van der Waals surface area (Å²) in [4.78, 5) is 3.06. The minimum atomic E-state index is -0.296. The summed E-state index contributed by atoms with van der Waals surface area (Å²) < 4.78 is 16.7. The van der Waals surface area contributed by atoms with E-state index in [1.165, 1.54) is 6.07 Å². The Kier molecular flexibility index (Phi) is 3.49. The molecule has 0 saturated heterocycles. The summed E-state index contributed by atoms with van der Waals surface area (Å²) in [6.07, 6.45) is 3.19. The Morgan fingerprint density at radius 2 is 2.00 bits per heavy atom. The smallest absolute Gasteiger partial charge is 0.178 e. The van der Waals surface area contributed by atoms with Crippen LogP contribution in [-0.4, -0.2) is 20.8 Å². The summed E-state index contributed by atoms with van der Waals surface area (Å²) >= 11 is 8.57. The van der Waals surface area contributed by atoms with E-state index in [2.05, 4.69) is 25.5 Å². The largest absolute Gasteiger partial charge is 0.393 e. The summed E-state index contributed by atoms with van der Waals surface area (Å²) in [6, 6.07) is 3.51. The molecule has 1 aliphatic rings. The van der Waals surface area contributed by atoms with Crippen LogP contribution in [0.5, 0.6) is 0 Å². The molecule has 1 fully saturated rings. The first kappa shape index (κ1) is 13.3. The second-order valence-electron chi connectivity index (χ2n) is 5.05. The zero-order valence-electron chi connectivity index (χ0n) is 10.2. The Morgan fingerprint density at radius 1 is 1.32 bits per heavy atom. The molecule has 0 aliphatic heterocycles. The van der Waals surface area contributed by atoms with Gasteiger partial charge in [-0.3, -0.25) is 0 Å². The van der Waals surface area contributed by atoms with E-state index in [9.17, 15) is 9.50 Å². The lowest BCUT2D eigenvalue weighted by molar-refractivity contribution is 0.111. The zero-order valence-corrected chi connectivity index (χ0v) is 12.6. The molecule has 2 aromatic rings. The van der Waals surface area contributed by atoms with Crippen LogP contribution in [0.15, 0.2) is 16.6 Å². The van der Waals surface area contributed by atoms with Crippen molar-refractivity contribution in [2.45, 2.75) is 37.8 Å². The second kappa shape index (κ2) is 5.00. The quantitative estimate of drug-likeness (QED) is 0.765. The molecule has 3 rings (SSSR count). The molecule has 6 heteroatoms. The fourth-order valence-electron chi connectivity index (χ4n) is 2.80. The molecule has 1 aromatic carbocycles. The number of rotatable bonds is 1. The Labute approximate surface area is 123 Å². The maximum atomic E-state index is 13.5. The standard InChI is InChI=1S/C13H14BrFN2OS/c14-9-5-12-11(6-10(9)15)16-13(19)17(12)7-1-3-8(18)4-2-7/h5-8,18H,1-4H2,(H,16,19). The number of hydrogen-bond acceptors (Lipinski definition) is 2. The third-order valence-electron chi connectivity index (χ3n) is 3.79. The SMILES string of the molecule is OC1CCC(n2c(=S)[nH]c3cc(F)c(Br)cc32)CC1. The molecular formula is C13H14BrFN2OS. The first-order valence-electron chi connectivity index (χ1n) is 6.33. The maximum Gasteiger partial charge on any atom is 0.178 e. The number of aromatic amines is 1. The van der Waals surface area contributed by atoms with E-state index in [-0.39, 0.29) is 18.0 Å². The third-order valence-corrected chi connectivity index (χ3v) is 4.70. The first-order valence-corrected chi connectivity index (χ1v) is 7.53. The molecule has 1 aromatic heterocycles. The summed E-state index contributed by atoms with van der Waals surface area (Å²) in [5.41, 5.74) is 1.64. The van der Waals surface area contributed by atoms with E-state index < -0.39 is 0 Å². The predicted molar refractivity (Wildman–Crippen MR) is 78.3 cm³/mol. The van der Waals surface area contributed by atoms with Gasteiger partial charge in [0.15, 0.2) is 4.77 Å². The van der Waals surface area contributed by atoms with Crippen LogP contribution < -0.4 is 0 Å². The Bertz CT molecular complexity index is 673. The van der Waals surface area contributed by atoms with Crippen LogP contribution in [0.25, 0.3) is 11.0 Å².